The van der Waals surface area contributed by atoms with Gasteiger partial charge in [-0.05, 0) is 56.3 Å². The quantitative estimate of drug-likeness (QED) is 0.808. The van der Waals surface area contributed by atoms with Gasteiger partial charge < -0.3 is 5.32 Å². The number of nitrogens with zero attached hydrogens (tertiary/aromatic N) is 1. The van der Waals surface area contributed by atoms with Crippen molar-refractivity contribution in [3.05, 3.63) is 29.3 Å². The van der Waals surface area contributed by atoms with Crippen molar-refractivity contribution < 1.29 is 0 Å². The Bertz CT molecular complexity index is 365. The first-order chi connectivity index (χ1) is 8.29. The third-order valence-corrected chi connectivity index (χ3v) is 4.39. The predicted molar refractivity (Wildman–Crippen MR) is 75.7 cm³/mol. The molecule has 0 spiro atoms. The first-order valence-electron chi connectivity index (χ1n) is 6.37. The molecule has 0 fully saturated rings. The van der Waals surface area contributed by atoms with E-state index in [2.05, 4.69) is 35.5 Å². The van der Waals surface area contributed by atoms with Crippen molar-refractivity contribution >= 4 is 11.8 Å². The van der Waals surface area contributed by atoms with Gasteiger partial charge in [-0.25, -0.2) is 0 Å². The van der Waals surface area contributed by atoms with Gasteiger partial charge in [0.2, 0.25) is 0 Å². The molecule has 2 rings (SSSR count). The maximum atomic E-state index is 3.18. The molecule has 1 heterocycles. The molecule has 0 bridgehead atoms. The van der Waals surface area contributed by atoms with Crippen LogP contribution in [0.5, 0.6) is 0 Å². The summed E-state index contributed by atoms with van der Waals surface area (Å²) < 4.78 is 0. The summed E-state index contributed by atoms with van der Waals surface area (Å²) in [7, 11) is 4.15. The van der Waals surface area contributed by atoms with Crippen molar-refractivity contribution in [1.82, 2.24) is 10.2 Å². The van der Waals surface area contributed by atoms with Gasteiger partial charge in [-0.3, -0.25) is 4.90 Å². The van der Waals surface area contributed by atoms with E-state index in [0.717, 1.165) is 19.6 Å². The molecule has 0 aromatic heterocycles. The number of likely N-dealkylation sites (N-methyl/N-ethyl adjacent to an activating group) is 1. The van der Waals surface area contributed by atoms with E-state index in [-0.39, 0.29) is 0 Å². The molecule has 0 atom stereocenters. The molecule has 2 nitrogen and oxygen atoms in total. The van der Waals surface area contributed by atoms with Crippen LogP contribution < -0.4 is 5.32 Å². The fourth-order valence-electron chi connectivity index (χ4n) is 2.24. The summed E-state index contributed by atoms with van der Waals surface area (Å²) in [5, 5.41) is 3.18. The molecule has 0 saturated carbocycles. The number of hydrogen-bond donors (Lipinski definition) is 1. The molecule has 0 radical (unpaired) electrons. The van der Waals surface area contributed by atoms with Crippen LogP contribution in [0.25, 0.3) is 0 Å². The molecule has 0 aliphatic carbocycles. The third-order valence-electron chi connectivity index (χ3n) is 3.18. The van der Waals surface area contributed by atoms with Crippen LogP contribution in [0.2, 0.25) is 0 Å². The van der Waals surface area contributed by atoms with E-state index >= 15 is 0 Å². The zero-order valence-electron chi connectivity index (χ0n) is 10.8. The number of nitrogens with one attached hydrogen (secondary N) is 1. The molecular formula is C14H22N2S. The second kappa shape index (κ2) is 6.43. The number of fused-ring (bicyclic) bond motifs is 1. The Labute approximate surface area is 109 Å². The van der Waals surface area contributed by atoms with E-state index < -0.39 is 0 Å². The largest absolute Gasteiger partial charge is 0.307 e. The van der Waals surface area contributed by atoms with E-state index in [1.165, 1.54) is 29.1 Å². The lowest BCUT2D eigenvalue weighted by atomic mass is 10.0. The molecule has 0 saturated heterocycles. The SMILES string of the molecule is CNCN(C)CCc1ccc2c(c1)CCCS2. The van der Waals surface area contributed by atoms with Gasteiger partial charge in [0.15, 0.2) is 0 Å². The van der Waals surface area contributed by atoms with Gasteiger partial charge in [-0.2, -0.15) is 0 Å². The highest BCUT2D eigenvalue weighted by Crippen LogP contribution is 2.30. The summed E-state index contributed by atoms with van der Waals surface area (Å²) in [5.74, 6) is 1.29. The first-order valence-corrected chi connectivity index (χ1v) is 7.36. The maximum absolute atomic E-state index is 3.18. The molecule has 1 aromatic carbocycles. The van der Waals surface area contributed by atoms with Crippen LogP contribution in [0.1, 0.15) is 17.5 Å². The molecule has 1 aliphatic heterocycles. The van der Waals surface area contributed by atoms with Crippen LogP contribution >= 0.6 is 11.8 Å². The molecule has 17 heavy (non-hydrogen) atoms. The van der Waals surface area contributed by atoms with Crippen molar-refractivity contribution in [2.24, 2.45) is 0 Å². The maximum Gasteiger partial charge on any atom is 0.0475 e. The Morgan fingerprint density at radius 3 is 3.12 bits per heavy atom. The van der Waals surface area contributed by atoms with Gasteiger partial charge in [-0.15, -0.1) is 11.8 Å². The zero-order valence-corrected chi connectivity index (χ0v) is 11.6. The zero-order chi connectivity index (χ0) is 12.1. The van der Waals surface area contributed by atoms with Gasteiger partial charge >= 0.3 is 0 Å². The fraction of sp³-hybridized carbons (Fsp3) is 0.571. The Balaban J connectivity index is 1.93. The average molecular weight is 250 g/mol. The standard InChI is InChI=1S/C14H22N2S/c1-15-11-16(2)8-7-12-5-6-14-13(10-12)4-3-9-17-14/h5-6,10,15H,3-4,7-9,11H2,1-2H3. The molecule has 1 aromatic rings. The van der Waals surface area contributed by atoms with Gasteiger partial charge in [0.1, 0.15) is 0 Å². The van der Waals surface area contributed by atoms with Gasteiger partial charge in [-0.1, -0.05) is 12.1 Å². The van der Waals surface area contributed by atoms with E-state index in [1.807, 2.05) is 18.8 Å². The summed E-state index contributed by atoms with van der Waals surface area (Å²) in [4.78, 5) is 3.82. The second-order valence-corrected chi connectivity index (χ2v) is 5.87. The molecule has 94 valence electrons. The Morgan fingerprint density at radius 2 is 2.29 bits per heavy atom. The Hall–Kier alpha value is -0.510. The lowest BCUT2D eigenvalue weighted by Gasteiger charge is -2.18. The highest BCUT2D eigenvalue weighted by molar-refractivity contribution is 7.99. The van der Waals surface area contributed by atoms with Crippen LogP contribution in [-0.2, 0) is 12.8 Å². The summed E-state index contributed by atoms with van der Waals surface area (Å²) in [6.45, 7) is 2.08. The fourth-order valence-corrected chi connectivity index (χ4v) is 3.26. The van der Waals surface area contributed by atoms with E-state index in [0.29, 0.717) is 0 Å². The van der Waals surface area contributed by atoms with Gasteiger partial charge in [0.05, 0.1) is 0 Å². The lowest BCUT2D eigenvalue weighted by Crippen LogP contribution is -2.30. The van der Waals surface area contributed by atoms with Crippen LogP contribution in [0.3, 0.4) is 0 Å². The van der Waals surface area contributed by atoms with Crippen molar-refractivity contribution in [3.63, 3.8) is 0 Å². The minimum Gasteiger partial charge on any atom is -0.307 e. The smallest absolute Gasteiger partial charge is 0.0475 e. The highest BCUT2D eigenvalue weighted by atomic mass is 32.2. The van der Waals surface area contributed by atoms with E-state index in [9.17, 15) is 0 Å². The lowest BCUT2D eigenvalue weighted by molar-refractivity contribution is 0.321. The van der Waals surface area contributed by atoms with Gasteiger partial charge in [0, 0.05) is 18.1 Å². The highest BCUT2D eigenvalue weighted by Gasteiger charge is 2.10. The molecule has 0 unspecified atom stereocenters. The van der Waals surface area contributed by atoms with Crippen LogP contribution in [0.4, 0.5) is 0 Å². The number of aryl methyl sites for hydroxylation is 1. The number of rotatable bonds is 5. The van der Waals surface area contributed by atoms with Crippen molar-refractivity contribution in [3.8, 4) is 0 Å². The summed E-state index contributed by atoms with van der Waals surface area (Å²) in [6, 6.07) is 7.02. The Morgan fingerprint density at radius 1 is 1.41 bits per heavy atom. The Kier molecular flexibility index (Phi) is 4.89. The summed E-state index contributed by atoms with van der Waals surface area (Å²) in [5.41, 5.74) is 3.05. The molecular weight excluding hydrogens is 228 g/mol. The second-order valence-electron chi connectivity index (χ2n) is 4.74. The number of benzene rings is 1. The van der Waals surface area contributed by atoms with Gasteiger partial charge in [0.25, 0.3) is 0 Å². The summed E-state index contributed by atoms with van der Waals surface area (Å²) in [6.07, 6.45) is 3.75. The minimum absolute atomic E-state index is 0.959. The van der Waals surface area contributed by atoms with Crippen LogP contribution in [0.15, 0.2) is 23.1 Å². The van der Waals surface area contributed by atoms with E-state index in [4.69, 9.17) is 0 Å². The first kappa shape index (κ1) is 12.9. The third kappa shape index (κ3) is 3.73. The van der Waals surface area contributed by atoms with Crippen LogP contribution in [-0.4, -0.2) is 38.0 Å². The molecule has 3 heteroatoms. The van der Waals surface area contributed by atoms with E-state index in [1.54, 1.807) is 5.56 Å². The number of hydrogen-bond acceptors (Lipinski definition) is 3. The molecule has 1 N–H and O–H groups in total. The molecule has 0 amide bonds. The normalized spacial score (nSPS) is 15.0. The summed E-state index contributed by atoms with van der Waals surface area (Å²) >= 11 is 2.01. The monoisotopic (exact) mass is 250 g/mol. The number of thioether (sulfide) groups is 1. The molecule has 1 aliphatic rings. The van der Waals surface area contributed by atoms with Crippen molar-refractivity contribution in [2.45, 2.75) is 24.2 Å². The topological polar surface area (TPSA) is 15.3 Å². The average Bonchev–Trinajstić information content (AvgIpc) is 2.36. The minimum atomic E-state index is 0.959. The predicted octanol–water partition coefficient (Wildman–Crippen LogP) is 2.38. The van der Waals surface area contributed by atoms with Crippen LogP contribution in [0, 0.1) is 0 Å². The van der Waals surface area contributed by atoms with Crippen molar-refractivity contribution in [1.29, 1.82) is 0 Å². The van der Waals surface area contributed by atoms with Crippen molar-refractivity contribution in [2.75, 3.05) is 33.1 Å².